The molecule has 2 aromatic carbocycles. The van der Waals surface area contributed by atoms with Crippen LogP contribution in [0.3, 0.4) is 0 Å². The predicted octanol–water partition coefficient (Wildman–Crippen LogP) is 4.04. The number of carbonyl (C=O) groups excluding carboxylic acids is 1. The van der Waals surface area contributed by atoms with Gasteiger partial charge in [-0.1, -0.05) is 36.4 Å². The lowest BCUT2D eigenvalue weighted by atomic mass is 10.2. The number of hydrogen-bond donors (Lipinski definition) is 2. The highest BCUT2D eigenvalue weighted by Crippen LogP contribution is 2.18. The van der Waals surface area contributed by atoms with E-state index >= 15 is 0 Å². The molecule has 6 nitrogen and oxygen atoms in total. The second-order valence-corrected chi connectivity index (χ2v) is 6.41. The minimum Gasteiger partial charge on any atom is -0.380 e. The van der Waals surface area contributed by atoms with Crippen LogP contribution >= 0.6 is 0 Å². The number of amides is 1. The molecule has 4 rings (SSSR count). The molecule has 0 atom stereocenters. The lowest BCUT2D eigenvalue weighted by Crippen LogP contribution is -2.13. The Labute approximate surface area is 161 Å². The molecule has 0 unspecified atom stereocenters. The molecular formula is C21H18FN5O. The number of fused-ring (bicyclic) bond motifs is 1. The normalized spacial score (nSPS) is 10.8. The SMILES string of the molecule is Cc1cc2nc(NC(=O)c3cccc(F)c3)nn2cc1NCc1ccccc1. The second-order valence-electron chi connectivity index (χ2n) is 6.41. The summed E-state index contributed by atoms with van der Waals surface area (Å²) in [7, 11) is 0. The standard InChI is InChI=1S/C21H18FN5O/c1-14-10-19-24-21(25-20(28)16-8-5-9-17(22)11-16)26-27(19)13-18(14)23-12-15-6-3-2-4-7-15/h2-11,13,23H,12H2,1H3,(H,25,26,28). The van der Waals surface area contributed by atoms with E-state index in [1.54, 1.807) is 4.52 Å². The number of halogens is 1. The molecule has 4 aromatic rings. The maximum atomic E-state index is 13.3. The van der Waals surface area contributed by atoms with Crippen molar-refractivity contribution in [2.45, 2.75) is 13.5 Å². The molecule has 0 aliphatic heterocycles. The van der Waals surface area contributed by atoms with Crippen LogP contribution in [-0.2, 0) is 6.54 Å². The molecule has 140 valence electrons. The third kappa shape index (κ3) is 3.83. The van der Waals surface area contributed by atoms with E-state index in [1.807, 2.05) is 37.4 Å². The molecule has 0 bridgehead atoms. The number of rotatable bonds is 5. The summed E-state index contributed by atoms with van der Waals surface area (Å²) in [5, 5.41) is 10.3. The molecule has 0 spiro atoms. The zero-order chi connectivity index (χ0) is 19.5. The highest BCUT2D eigenvalue weighted by Gasteiger charge is 2.12. The van der Waals surface area contributed by atoms with Gasteiger partial charge in [0, 0.05) is 12.1 Å². The van der Waals surface area contributed by atoms with Gasteiger partial charge in [-0.15, -0.1) is 5.10 Å². The van der Waals surface area contributed by atoms with Crippen LogP contribution in [0.15, 0.2) is 66.9 Å². The summed E-state index contributed by atoms with van der Waals surface area (Å²) in [6.45, 7) is 2.66. The summed E-state index contributed by atoms with van der Waals surface area (Å²) in [5.74, 6) is -0.774. The Kier molecular flexibility index (Phi) is 4.72. The Balaban J connectivity index is 1.53. The van der Waals surface area contributed by atoms with E-state index in [9.17, 15) is 9.18 Å². The van der Waals surface area contributed by atoms with Gasteiger partial charge in [0.05, 0.1) is 11.9 Å². The molecule has 0 aliphatic rings. The van der Waals surface area contributed by atoms with Crippen LogP contribution in [0.4, 0.5) is 16.0 Å². The highest BCUT2D eigenvalue weighted by molar-refractivity contribution is 6.03. The monoisotopic (exact) mass is 375 g/mol. The Hall–Kier alpha value is -3.74. The van der Waals surface area contributed by atoms with Crippen molar-refractivity contribution in [2.75, 3.05) is 10.6 Å². The fourth-order valence-electron chi connectivity index (χ4n) is 2.86. The van der Waals surface area contributed by atoms with Gasteiger partial charge in [0.25, 0.3) is 5.91 Å². The van der Waals surface area contributed by atoms with Crippen molar-refractivity contribution in [3.05, 3.63) is 89.4 Å². The Morgan fingerprint density at radius 1 is 1.11 bits per heavy atom. The number of nitrogens with zero attached hydrogens (tertiary/aromatic N) is 3. The first-order valence-electron chi connectivity index (χ1n) is 8.80. The van der Waals surface area contributed by atoms with Crippen molar-refractivity contribution in [1.82, 2.24) is 14.6 Å². The molecule has 7 heteroatoms. The maximum Gasteiger partial charge on any atom is 0.258 e. The smallest absolute Gasteiger partial charge is 0.258 e. The van der Waals surface area contributed by atoms with E-state index in [1.165, 1.54) is 29.8 Å². The molecule has 0 fully saturated rings. The maximum absolute atomic E-state index is 13.3. The topological polar surface area (TPSA) is 71.3 Å². The van der Waals surface area contributed by atoms with Crippen LogP contribution in [0.5, 0.6) is 0 Å². The number of benzene rings is 2. The summed E-state index contributed by atoms with van der Waals surface area (Å²) in [4.78, 5) is 16.6. The number of carbonyl (C=O) groups is 1. The van der Waals surface area contributed by atoms with Gasteiger partial charge in [-0.05, 0) is 42.3 Å². The number of hydrogen-bond acceptors (Lipinski definition) is 4. The van der Waals surface area contributed by atoms with Crippen LogP contribution in [-0.4, -0.2) is 20.5 Å². The molecule has 2 aromatic heterocycles. The van der Waals surface area contributed by atoms with Crippen LogP contribution < -0.4 is 10.6 Å². The number of aromatic nitrogens is 3. The first kappa shape index (κ1) is 17.7. The molecule has 0 radical (unpaired) electrons. The minimum absolute atomic E-state index is 0.161. The first-order valence-corrected chi connectivity index (χ1v) is 8.80. The van der Waals surface area contributed by atoms with Crippen molar-refractivity contribution in [1.29, 1.82) is 0 Å². The summed E-state index contributed by atoms with van der Waals surface area (Å²) >= 11 is 0. The Morgan fingerprint density at radius 3 is 2.71 bits per heavy atom. The summed E-state index contributed by atoms with van der Waals surface area (Å²) in [6, 6.07) is 17.4. The molecule has 2 N–H and O–H groups in total. The zero-order valence-corrected chi connectivity index (χ0v) is 15.2. The third-order valence-corrected chi connectivity index (χ3v) is 4.32. The van der Waals surface area contributed by atoms with E-state index in [-0.39, 0.29) is 11.5 Å². The first-order chi connectivity index (χ1) is 13.6. The predicted molar refractivity (Wildman–Crippen MR) is 106 cm³/mol. The average Bonchev–Trinajstić information content (AvgIpc) is 3.07. The van der Waals surface area contributed by atoms with Gasteiger partial charge in [-0.25, -0.2) is 8.91 Å². The van der Waals surface area contributed by atoms with Gasteiger partial charge in [-0.2, -0.15) is 4.98 Å². The molecule has 2 heterocycles. The quantitative estimate of drug-likeness (QED) is 0.552. The van der Waals surface area contributed by atoms with Crippen molar-refractivity contribution in [2.24, 2.45) is 0 Å². The lowest BCUT2D eigenvalue weighted by molar-refractivity contribution is 0.102. The fourth-order valence-corrected chi connectivity index (χ4v) is 2.86. The zero-order valence-electron chi connectivity index (χ0n) is 15.2. The van der Waals surface area contributed by atoms with Crippen molar-refractivity contribution < 1.29 is 9.18 Å². The van der Waals surface area contributed by atoms with E-state index < -0.39 is 11.7 Å². The lowest BCUT2D eigenvalue weighted by Gasteiger charge is -2.09. The summed E-state index contributed by atoms with van der Waals surface area (Å²) in [6.07, 6.45) is 1.83. The summed E-state index contributed by atoms with van der Waals surface area (Å²) < 4.78 is 14.9. The number of anilines is 2. The van der Waals surface area contributed by atoms with E-state index in [2.05, 4.69) is 32.8 Å². The van der Waals surface area contributed by atoms with E-state index in [0.717, 1.165) is 11.3 Å². The van der Waals surface area contributed by atoms with Crippen molar-refractivity contribution in [3.63, 3.8) is 0 Å². The van der Waals surface area contributed by atoms with E-state index in [0.29, 0.717) is 12.2 Å². The Bertz CT molecular complexity index is 1140. The minimum atomic E-state index is -0.472. The largest absolute Gasteiger partial charge is 0.380 e. The van der Waals surface area contributed by atoms with Gasteiger partial charge in [0.1, 0.15) is 5.82 Å². The molecule has 0 aliphatic carbocycles. The molecule has 0 saturated carbocycles. The van der Waals surface area contributed by atoms with E-state index in [4.69, 9.17) is 0 Å². The number of nitrogens with one attached hydrogen (secondary N) is 2. The highest BCUT2D eigenvalue weighted by atomic mass is 19.1. The fraction of sp³-hybridized carbons (Fsp3) is 0.0952. The van der Waals surface area contributed by atoms with Crippen LogP contribution in [0.1, 0.15) is 21.5 Å². The second kappa shape index (κ2) is 7.48. The van der Waals surface area contributed by atoms with Gasteiger partial charge < -0.3 is 5.32 Å². The van der Waals surface area contributed by atoms with Gasteiger partial charge >= 0.3 is 0 Å². The number of aryl methyl sites for hydroxylation is 1. The average molecular weight is 375 g/mol. The van der Waals surface area contributed by atoms with Gasteiger partial charge in [0.15, 0.2) is 5.65 Å². The number of pyridine rings is 1. The Morgan fingerprint density at radius 2 is 1.93 bits per heavy atom. The van der Waals surface area contributed by atoms with Crippen molar-refractivity contribution in [3.8, 4) is 0 Å². The van der Waals surface area contributed by atoms with Crippen LogP contribution in [0, 0.1) is 12.7 Å². The van der Waals surface area contributed by atoms with Gasteiger partial charge in [0.2, 0.25) is 5.95 Å². The third-order valence-electron chi connectivity index (χ3n) is 4.32. The van der Waals surface area contributed by atoms with Crippen LogP contribution in [0.2, 0.25) is 0 Å². The summed E-state index contributed by atoms with van der Waals surface area (Å²) in [5.41, 5.74) is 3.92. The molecular weight excluding hydrogens is 357 g/mol. The molecule has 1 amide bonds. The molecule has 28 heavy (non-hydrogen) atoms. The molecule has 0 saturated heterocycles. The van der Waals surface area contributed by atoms with Crippen molar-refractivity contribution >= 4 is 23.2 Å². The van der Waals surface area contributed by atoms with Crippen LogP contribution in [0.25, 0.3) is 5.65 Å². The van der Waals surface area contributed by atoms with Gasteiger partial charge in [-0.3, -0.25) is 10.1 Å².